The summed E-state index contributed by atoms with van der Waals surface area (Å²) in [6.45, 7) is 2.07. The van der Waals surface area contributed by atoms with Crippen LogP contribution >= 0.6 is 0 Å². The van der Waals surface area contributed by atoms with E-state index in [2.05, 4.69) is 5.32 Å². The monoisotopic (exact) mass is 398 g/mol. The summed E-state index contributed by atoms with van der Waals surface area (Å²) >= 11 is 0. The Balaban J connectivity index is 1.70. The van der Waals surface area contributed by atoms with Crippen LogP contribution in [0.3, 0.4) is 0 Å². The van der Waals surface area contributed by atoms with Crippen molar-refractivity contribution in [2.45, 2.75) is 26.1 Å². The van der Waals surface area contributed by atoms with E-state index in [9.17, 15) is 19.5 Å². The second-order valence-corrected chi connectivity index (χ2v) is 6.67. The van der Waals surface area contributed by atoms with E-state index < -0.39 is 12.1 Å². The molecule has 1 aliphatic heterocycles. The molecule has 0 spiro atoms. The highest BCUT2D eigenvalue weighted by molar-refractivity contribution is 6.01. The van der Waals surface area contributed by atoms with Gasteiger partial charge >= 0.3 is 5.97 Å². The fraction of sp³-hybridized carbons (Fsp3) is 0.286. The first-order valence-electron chi connectivity index (χ1n) is 9.12. The van der Waals surface area contributed by atoms with Gasteiger partial charge in [0.25, 0.3) is 5.91 Å². The summed E-state index contributed by atoms with van der Waals surface area (Å²) in [5.41, 5.74) is 1.68. The molecule has 1 unspecified atom stereocenters. The van der Waals surface area contributed by atoms with Crippen molar-refractivity contribution in [3.8, 4) is 5.75 Å². The first-order chi connectivity index (χ1) is 13.9. The molecule has 2 amide bonds. The van der Waals surface area contributed by atoms with Crippen molar-refractivity contribution in [3.63, 3.8) is 0 Å². The van der Waals surface area contributed by atoms with Crippen molar-refractivity contribution in [2.24, 2.45) is 0 Å². The SMILES string of the molecule is COCc1cc(NC(=O)CCN2C(=O)C(C)Oc3ccccc32)cc(C(=O)O)c1. The number of carboxylic acid groups (broad SMARTS) is 1. The molecule has 2 aromatic carbocycles. The molecule has 0 aromatic heterocycles. The number of amides is 2. The number of hydrogen-bond donors (Lipinski definition) is 2. The van der Waals surface area contributed by atoms with Gasteiger partial charge in [-0.1, -0.05) is 12.1 Å². The van der Waals surface area contributed by atoms with E-state index in [0.29, 0.717) is 22.7 Å². The minimum Gasteiger partial charge on any atom is -0.479 e. The minimum absolute atomic E-state index is 0.0453. The number of methoxy groups -OCH3 is 1. The molecule has 0 saturated carbocycles. The van der Waals surface area contributed by atoms with E-state index in [4.69, 9.17) is 9.47 Å². The summed E-state index contributed by atoms with van der Waals surface area (Å²) in [5, 5.41) is 11.9. The molecular weight excluding hydrogens is 376 g/mol. The highest BCUT2D eigenvalue weighted by atomic mass is 16.5. The average Bonchev–Trinajstić information content (AvgIpc) is 2.68. The Morgan fingerprint density at radius 2 is 2.00 bits per heavy atom. The highest BCUT2D eigenvalue weighted by Gasteiger charge is 2.31. The Kier molecular flexibility index (Phi) is 6.13. The van der Waals surface area contributed by atoms with Gasteiger partial charge in [0.2, 0.25) is 5.91 Å². The first kappa shape index (κ1) is 20.3. The molecule has 152 valence electrons. The van der Waals surface area contributed by atoms with Crippen LogP contribution in [0.5, 0.6) is 5.75 Å². The van der Waals surface area contributed by atoms with Crippen molar-refractivity contribution in [3.05, 3.63) is 53.6 Å². The zero-order valence-electron chi connectivity index (χ0n) is 16.2. The Hall–Kier alpha value is -3.39. The van der Waals surface area contributed by atoms with Gasteiger partial charge in [-0.3, -0.25) is 9.59 Å². The fourth-order valence-electron chi connectivity index (χ4n) is 3.16. The highest BCUT2D eigenvalue weighted by Crippen LogP contribution is 2.33. The molecule has 0 aliphatic carbocycles. The summed E-state index contributed by atoms with van der Waals surface area (Å²) in [5.74, 6) is -1.05. The van der Waals surface area contributed by atoms with Crippen molar-refractivity contribution >= 4 is 29.2 Å². The first-order valence-corrected chi connectivity index (χ1v) is 9.12. The zero-order chi connectivity index (χ0) is 21.0. The molecule has 0 saturated heterocycles. The van der Waals surface area contributed by atoms with Gasteiger partial charge in [-0.15, -0.1) is 0 Å². The number of carbonyl (C=O) groups excluding carboxylic acids is 2. The van der Waals surface area contributed by atoms with Gasteiger partial charge in [0.05, 0.1) is 17.9 Å². The number of nitrogens with zero attached hydrogens (tertiary/aromatic N) is 1. The largest absolute Gasteiger partial charge is 0.479 e. The Morgan fingerprint density at radius 1 is 1.24 bits per heavy atom. The number of nitrogens with one attached hydrogen (secondary N) is 1. The van der Waals surface area contributed by atoms with Gasteiger partial charge in [-0.2, -0.15) is 0 Å². The lowest BCUT2D eigenvalue weighted by molar-refractivity contribution is -0.125. The van der Waals surface area contributed by atoms with Crippen molar-refractivity contribution < 1.29 is 29.0 Å². The molecule has 2 aromatic rings. The third-order valence-corrected chi connectivity index (χ3v) is 4.47. The molecule has 0 fully saturated rings. The quantitative estimate of drug-likeness (QED) is 0.743. The molecular formula is C21H22N2O6. The maximum Gasteiger partial charge on any atom is 0.335 e. The standard InChI is InChI=1S/C21H22N2O6/c1-13-20(25)23(17-5-3-4-6-18(17)29-13)8-7-19(24)22-16-10-14(12-28-2)9-15(11-16)21(26)27/h3-6,9-11,13H,7-8,12H2,1-2H3,(H,22,24)(H,26,27). The number of fused-ring (bicyclic) bond motifs is 1. The Labute approximate surface area is 168 Å². The van der Waals surface area contributed by atoms with Crippen molar-refractivity contribution in [2.75, 3.05) is 23.9 Å². The summed E-state index contributed by atoms with van der Waals surface area (Å²) < 4.78 is 10.6. The molecule has 0 bridgehead atoms. The number of ether oxygens (including phenoxy) is 2. The van der Waals surface area contributed by atoms with Crippen LogP contribution in [0.1, 0.15) is 29.3 Å². The molecule has 2 N–H and O–H groups in total. The normalized spacial score (nSPS) is 15.4. The van der Waals surface area contributed by atoms with Crippen LogP contribution < -0.4 is 15.0 Å². The van der Waals surface area contributed by atoms with E-state index in [0.717, 1.165) is 0 Å². The minimum atomic E-state index is -1.09. The van der Waals surface area contributed by atoms with Crippen LogP contribution in [0, 0.1) is 0 Å². The molecule has 29 heavy (non-hydrogen) atoms. The van der Waals surface area contributed by atoms with Crippen LogP contribution in [-0.2, 0) is 20.9 Å². The summed E-state index contributed by atoms with van der Waals surface area (Å²) in [4.78, 5) is 37.8. The lowest BCUT2D eigenvalue weighted by atomic mass is 10.1. The molecule has 1 atom stereocenters. The lowest BCUT2D eigenvalue weighted by Crippen LogP contribution is -2.45. The molecule has 8 nitrogen and oxygen atoms in total. The molecule has 8 heteroatoms. The van der Waals surface area contributed by atoms with Gasteiger partial charge < -0.3 is 24.8 Å². The van der Waals surface area contributed by atoms with E-state index in [-0.39, 0.29) is 37.0 Å². The van der Waals surface area contributed by atoms with Crippen LogP contribution in [0.2, 0.25) is 0 Å². The topological polar surface area (TPSA) is 105 Å². The van der Waals surface area contributed by atoms with E-state index in [1.807, 2.05) is 6.07 Å². The number of carboxylic acids is 1. The number of aromatic carboxylic acids is 1. The van der Waals surface area contributed by atoms with Gasteiger partial charge in [-0.05, 0) is 42.8 Å². The predicted octanol–water partition coefficient (Wildman–Crippen LogP) is 2.67. The van der Waals surface area contributed by atoms with Gasteiger partial charge in [0, 0.05) is 25.8 Å². The number of para-hydroxylation sites is 2. The fourth-order valence-corrected chi connectivity index (χ4v) is 3.16. The number of rotatable bonds is 7. The van der Waals surface area contributed by atoms with Crippen LogP contribution in [0.15, 0.2) is 42.5 Å². The second-order valence-electron chi connectivity index (χ2n) is 6.67. The zero-order valence-corrected chi connectivity index (χ0v) is 16.2. The second kappa shape index (κ2) is 8.74. The average molecular weight is 398 g/mol. The predicted molar refractivity (Wildman–Crippen MR) is 106 cm³/mol. The van der Waals surface area contributed by atoms with Crippen LogP contribution in [-0.4, -0.2) is 42.6 Å². The number of carbonyl (C=O) groups is 3. The molecule has 0 radical (unpaired) electrons. The maximum atomic E-state index is 12.5. The molecule has 3 rings (SSSR count). The van der Waals surface area contributed by atoms with Gasteiger partial charge in [-0.25, -0.2) is 4.79 Å². The lowest BCUT2D eigenvalue weighted by Gasteiger charge is -2.32. The third kappa shape index (κ3) is 4.72. The Bertz CT molecular complexity index is 943. The number of hydrogen-bond acceptors (Lipinski definition) is 5. The van der Waals surface area contributed by atoms with E-state index >= 15 is 0 Å². The molecule has 1 aliphatic rings. The van der Waals surface area contributed by atoms with Crippen molar-refractivity contribution in [1.29, 1.82) is 0 Å². The summed E-state index contributed by atoms with van der Waals surface area (Å²) in [6.07, 6.45) is -0.583. The Morgan fingerprint density at radius 3 is 2.72 bits per heavy atom. The summed E-state index contributed by atoms with van der Waals surface area (Å²) in [7, 11) is 1.50. The molecule has 1 heterocycles. The van der Waals surface area contributed by atoms with E-state index in [1.54, 1.807) is 31.2 Å². The smallest absolute Gasteiger partial charge is 0.335 e. The van der Waals surface area contributed by atoms with Gasteiger partial charge in [0.1, 0.15) is 5.75 Å². The summed E-state index contributed by atoms with van der Waals surface area (Å²) in [6, 6.07) is 11.7. The van der Waals surface area contributed by atoms with Crippen LogP contribution in [0.4, 0.5) is 11.4 Å². The van der Waals surface area contributed by atoms with Gasteiger partial charge in [0.15, 0.2) is 6.10 Å². The third-order valence-electron chi connectivity index (χ3n) is 4.47. The van der Waals surface area contributed by atoms with Crippen LogP contribution in [0.25, 0.3) is 0 Å². The van der Waals surface area contributed by atoms with Crippen molar-refractivity contribution in [1.82, 2.24) is 0 Å². The van der Waals surface area contributed by atoms with E-state index in [1.165, 1.54) is 24.1 Å². The number of benzene rings is 2. The maximum absolute atomic E-state index is 12.5. The number of anilines is 2.